The third-order valence-corrected chi connectivity index (χ3v) is 8.44. The molecule has 0 radical (unpaired) electrons. The van der Waals surface area contributed by atoms with Crippen LogP contribution in [0.25, 0.3) is 28.2 Å². The molecule has 4 aromatic rings. The molecule has 1 fully saturated rings. The van der Waals surface area contributed by atoms with E-state index in [1.165, 1.54) is 0 Å². The van der Waals surface area contributed by atoms with E-state index in [-0.39, 0.29) is 23.7 Å². The number of ether oxygens (including phenoxy) is 1. The van der Waals surface area contributed by atoms with Crippen molar-refractivity contribution < 1.29 is 14.1 Å². The molecule has 6 rings (SSSR count). The molecule has 9 nitrogen and oxygen atoms in total. The minimum atomic E-state index is -0.590. The summed E-state index contributed by atoms with van der Waals surface area (Å²) in [6.45, 7) is 4.02. The van der Waals surface area contributed by atoms with Gasteiger partial charge in [-0.25, -0.2) is 14.5 Å². The first kappa shape index (κ1) is 27.1. The Labute approximate surface area is 238 Å². The zero-order chi connectivity index (χ0) is 28.5. The number of carbonyl (C=O) groups excluding carboxylic acids is 1. The number of hydrogen-bond acceptors (Lipinski definition) is 7. The van der Waals surface area contributed by atoms with Crippen LogP contribution in [0, 0.1) is 12.8 Å². The van der Waals surface area contributed by atoms with Crippen LogP contribution in [0.15, 0.2) is 63.4 Å². The number of carbonyl (C=O) groups is 1. The van der Waals surface area contributed by atoms with Crippen molar-refractivity contribution in [2.45, 2.75) is 70.8 Å². The van der Waals surface area contributed by atoms with Crippen LogP contribution in [0.3, 0.4) is 0 Å². The number of fused-ring (bicyclic) bond motifs is 1. The molecule has 2 aromatic carbocycles. The maximum absolute atomic E-state index is 14.4. The quantitative estimate of drug-likeness (QED) is 0.297. The van der Waals surface area contributed by atoms with Gasteiger partial charge in [-0.3, -0.25) is 14.3 Å². The summed E-state index contributed by atoms with van der Waals surface area (Å²) in [7, 11) is 1.76. The molecule has 1 N–H and O–H groups in total. The maximum Gasteiger partial charge on any atom is 0.439 e. The predicted octanol–water partition coefficient (Wildman–Crippen LogP) is 5.72. The molecule has 41 heavy (non-hydrogen) atoms. The third kappa shape index (κ3) is 5.10. The fourth-order valence-corrected chi connectivity index (χ4v) is 6.57. The highest BCUT2D eigenvalue weighted by molar-refractivity contribution is 6.06. The number of methoxy groups -OCH3 is 1. The number of aryl methyl sites for hydroxylation is 1. The zero-order valence-electron chi connectivity index (χ0n) is 23.7. The highest BCUT2D eigenvalue weighted by Gasteiger charge is 2.44. The van der Waals surface area contributed by atoms with Gasteiger partial charge in [0.05, 0.1) is 17.7 Å². The SMILES string of the molecule is CCCC1=C(Cc2ccc(-c3ccccc3-c3noc(=O)[nH]3)cc2)C(=O)C(C2CCCCC2OC)c2nc(C)nn21. The van der Waals surface area contributed by atoms with Gasteiger partial charge in [-0.05, 0) is 42.9 Å². The number of ketones is 1. The largest absolute Gasteiger partial charge is 0.439 e. The summed E-state index contributed by atoms with van der Waals surface area (Å²) in [5.41, 5.74) is 5.50. The van der Waals surface area contributed by atoms with Crippen LogP contribution in [-0.2, 0) is 16.0 Å². The number of benzene rings is 2. The van der Waals surface area contributed by atoms with Crippen LogP contribution in [0.4, 0.5) is 0 Å². The van der Waals surface area contributed by atoms with Crippen molar-refractivity contribution in [3.63, 3.8) is 0 Å². The summed E-state index contributed by atoms with van der Waals surface area (Å²) in [5.74, 6) is 1.15. The number of aromatic nitrogens is 5. The van der Waals surface area contributed by atoms with Crippen molar-refractivity contribution in [1.29, 1.82) is 0 Å². The summed E-state index contributed by atoms with van der Waals surface area (Å²) in [6, 6.07) is 16.0. The molecular formula is C32H35N5O4. The van der Waals surface area contributed by atoms with E-state index in [2.05, 4.69) is 29.2 Å². The number of rotatable bonds is 8. The van der Waals surface area contributed by atoms with E-state index < -0.39 is 5.76 Å². The summed E-state index contributed by atoms with van der Waals surface area (Å²) in [5, 5.41) is 8.65. The van der Waals surface area contributed by atoms with Crippen molar-refractivity contribution >= 4 is 11.5 Å². The van der Waals surface area contributed by atoms with Crippen molar-refractivity contribution in [3.05, 3.63) is 81.9 Å². The first-order valence-electron chi connectivity index (χ1n) is 14.5. The van der Waals surface area contributed by atoms with Gasteiger partial charge < -0.3 is 4.74 Å². The minimum absolute atomic E-state index is 0.0381. The molecule has 0 saturated heterocycles. The molecule has 0 bridgehead atoms. The van der Waals surface area contributed by atoms with Crippen molar-refractivity contribution in [1.82, 2.24) is 24.9 Å². The van der Waals surface area contributed by atoms with Crippen molar-refractivity contribution in [2.24, 2.45) is 5.92 Å². The van der Waals surface area contributed by atoms with Gasteiger partial charge in [-0.2, -0.15) is 5.10 Å². The van der Waals surface area contributed by atoms with Gasteiger partial charge in [0.25, 0.3) is 0 Å². The number of H-pyrrole nitrogens is 1. The number of nitrogens with one attached hydrogen (secondary N) is 1. The molecule has 0 amide bonds. The topological polar surface area (TPSA) is 116 Å². The van der Waals surface area contributed by atoms with E-state index >= 15 is 0 Å². The lowest BCUT2D eigenvalue weighted by Gasteiger charge is -2.37. The van der Waals surface area contributed by atoms with Gasteiger partial charge in [0, 0.05) is 30.6 Å². The second kappa shape index (κ2) is 11.4. The third-order valence-electron chi connectivity index (χ3n) is 8.44. The summed E-state index contributed by atoms with van der Waals surface area (Å²) >= 11 is 0. The van der Waals surface area contributed by atoms with Crippen LogP contribution in [0.2, 0.25) is 0 Å². The highest BCUT2D eigenvalue weighted by Crippen LogP contribution is 2.44. The van der Waals surface area contributed by atoms with Crippen LogP contribution in [0.1, 0.15) is 68.6 Å². The first-order chi connectivity index (χ1) is 20.0. The van der Waals surface area contributed by atoms with Gasteiger partial charge in [-0.15, -0.1) is 0 Å². The molecule has 212 valence electrons. The van der Waals surface area contributed by atoms with E-state index in [1.807, 2.05) is 48.0 Å². The Kier molecular flexibility index (Phi) is 7.53. The standard InChI is InChI=1S/C32H35N5O4/c1-4-9-26-25(29(38)28(31-33-19(2)35-37(26)31)24-12-7-8-13-27(24)40-3)18-20-14-16-21(17-15-20)22-10-5-6-11-23(22)30-34-32(39)41-36-30/h5-6,10-11,14-17,24,27-28H,4,7-9,12-13,18H2,1-3H3,(H,34,36,39). The molecular weight excluding hydrogens is 518 g/mol. The minimum Gasteiger partial charge on any atom is -0.381 e. The van der Waals surface area contributed by atoms with E-state index in [1.54, 1.807) is 7.11 Å². The number of Topliss-reactive ketones (excluding diaryl/α,β-unsaturated/α-hetero) is 1. The first-order valence-corrected chi connectivity index (χ1v) is 14.5. The Morgan fingerprint density at radius 1 is 1.05 bits per heavy atom. The average Bonchev–Trinajstić information content (AvgIpc) is 3.60. The van der Waals surface area contributed by atoms with Crippen LogP contribution in [-0.4, -0.2) is 43.9 Å². The lowest BCUT2D eigenvalue weighted by molar-refractivity contribution is -0.121. The second-order valence-electron chi connectivity index (χ2n) is 11.0. The van der Waals surface area contributed by atoms with E-state index in [4.69, 9.17) is 19.3 Å². The molecule has 2 aromatic heterocycles. The Hall–Kier alpha value is -4.11. The van der Waals surface area contributed by atoms with E-state index in [0.717, 1.165) is 77.9 Å². The fraction of sp³-hybridized carbons (Fsp3) is 0.406. The van der Waals surface area contributed by atoms with E-state index in [9.17, 15) is 9.59 Å². The molecule has 9 heteroatoms. The highest BCUT2D eigenvalue weighted by atomic mass is 16.5. The number of aromatic amines is 1. The lowest BCUT2D eigenvalue weighted by Crippen LogP contribution is -2.39. The Bertz CT molecular complexity index is 1640. The van der Waals surface area contributed by atoms with Gasteiger partial charge in [0.1, 0.15) is 11.6 Å². The smallest absolute Gasteiger partial charge is 0.381 e. The Morgan fingerprint density at radius 2 is 1.80 bits per heavy atom. The number of hydrogen-bond donors (Lipinski definition) is 1. The molecule has 1 aliphatic carbocycles. The monoisotopic (exact) mass is 553 g/mol. The van der Waals surface area contributed by atoms with Crippen LogP contribution < -0.4 is 5.76 Å². The zero-order valence-corrected chi connectivity index (χ0v) is 23.7. The summed E-state index contributed by atoms with van der Waals surface area (Å²) in [6.07, 6.45) is 6.33. The lowest BCUT2D eigenvalue weighted by atomic mass is 9.72. The molecule has 1 aliphatic heterocycles. The van der Waals surface area contributed by atoms with Crippen molar-refractivity contribution in [3.8, 4) is 22.5 Å². The molecule has 3 unspecified atom stereocenters. The van der Waals surface area contributed by atoms with Crippen LogP contribution >= 0.6 is 0 Å². The van der Waals surface area contributed by atoms with Crippen molar-refractivity contribution in [2.75, 3.05) is 7.11 Å². The number of allylic oxidation sites excluding steroid dienone is 2. The fourth-order valence-electron chi connectivity index (χ4n) is 6.57. The number of nitrogens with zero attached hydrogens (tertiary/aromatic N) is 4. The molecule has 3 heterocycles. The van der Waals surface area contributed by atoms with Crippen LogP contribution in [0.5, 0.6) is 0 Å². The normalized spacial score (nSPS) is 20.9. The van der Waals surface area contributed by atoms with Gasteiger partial charge in [0.2, 0.25) is 0 Å². The van der Waals surface area contributed by atoms with E-state index in [0.29, 0.717) is 18.1 Å². The molecule has 0 spiro atoms. The second-order valence-corrected chi connectivity index (χ2v) is 11.0. The van der Waals surface area contributed by atoms with Gasteiger partial charge in [-0.1, -0.05) is 79.9 Å². The molecule has 2 aliphatic rings. The van der Waals surface area contributed by atoms with Gasteiger partial charge >= 0.3 is 5.76 Å². The van der Waals surface area contributed by atoms with Gasteiger partial charge in [0.15, 0.2) is 11.6 Å². The maximum atomic E-state index is 14.4. The Morgan fingerprint density at radius 3 is 2.51 bits per heavy atom. The summed E-state index contributed by atoms with van der Waals surface area (Å²) < 4.78 is 12.6. The predicted molar refractivity (Wildman–Crippen MR) is 155 cm³/mol. The average molecular weight is 554 g/mol. The molecule has 3 atom stereocenters. The summed E-state index contributed by atoms with van der Waals surface area (Å²) in [4.78, 5) is 33.4. The molecule has 1 saturated carbocycles. The Balaban J connectivity index is 1.36.